The zero-order valence-electron chi connectivity index (χ0n) is 11.3. The summed E-state index contributed by atoms with van der Waals surface area (Å²) in [5.41, 5.74) is 1.32. The number of imidazole rings is 1. The quantitative estimate of drug-likeness (QED) is 0.867. The minimum Gasteiger partial charge on any atom is -0.353 e. The second-order valence-electron chi connectivity index (χ2n) is 4.79. The van der Waals surface area contributed by atoms with Gasteiger partial charge in [-0.25, -0.2) is 4.98 Å². The highest BCUT2D eigenvalue weighted by atomic mass is 15.2. The summed E-state index contributed by atoms with van der Waals surface area (Å²) in [5, 5.41) is 3.39. The summed E-state index contributed by atoms with van der Waals surface area (Å²) < 4.78 is 2.22. The number of aromatic nitrogens is 2. The Hall–Kier alpha value is -1.77. The van der Waals surface area contributed by atoms with Crippen LogP contribution >= 0.6 is 0 Å². The summed E-state index contributed by atoms with van der Waals surface area (Å²) in [4.78, 5) is 4.40. The van der Waals surface area contributed by atoms with Gasteiger partial charge in [0.25, 0.3) is 0 Å². The van der Waals surface area contributed by atoms with E-state index in [9.17, 15) is 0 Å². The van der Waals surface area contributed by atoms with E-state index in [4.69, 9.17) is 0 Å². The summed E-state index contributed by atoms with van der Waals surface area (Å²) in [5.74, 6) is 0.945. The number of hydrogen-bond donors (Lipinski definition) is 1. The van der Waals surface area contributed by atoms with Crippen molar-refractivity contribution in [2.24, 2.45) is 0 Å². The number of benzene rings is 1. The molecule has 1 aromatic heterocycles. The molecule has 1 N–H and O–H groups in total. The maximum atomic E-state index is 4.40. The van der Waals surface area contributed by atoms with Crippen molar-refractivity contribution in [3.63, 3.8) is 0 Å². The lowest BCUT2D eigenvalue weighted by atomic mass is 10.0. The van der Waals surface area contributed by atoms with Crippen LogP contribution in [0.1, 0.15) is 38.8 Å². The van der Waals surface area contributed by atoms with Gasteiger partial charge in [-0.15, -0.1) is 0 Å². The lowest BCUT2D eigenvalue weighted by Gasteiger charge is -2.21. The minimum atomic E-state index is 0.343. The van der Waals surface area contributed by atoms with Gasteiger partial charge < -0.3 is 9.88 Å². The number of hydrogen-bond acceptors (Lipinski definition) is 2. The third-order valence-corrected chi connectivity index (χ3v) is 2.99. The Morgan fingerprint density at radius 1 is 1.22 bits per heavy atom. The van der Waals surface area contributed by atoms with Crippen molar-refractivity contribution in [1.29, 1.82) is 0 Å². The van der Waals surface area contributed by atoms with Crippen molar-refractivity contribution in [1.82, 2.24) is 9.55 Å². The van der Waals surface area contributed by atoms with Crippen LogP contribution < -0.4 is 5.32 Å². The van der Waals surface area contributed by atoms with Gasteiger partial charge in [0, 0.05) is 18.4 Å². The van der Waals surface area contributed by atoms with Gasteiger partial charge in [-0.3, -0.25) is 0 Å². The van der Waals surface area contributed by atoms with Crippen molar-refractivity contribution in [2.45, 2.75) is 39.3 Å². The van der Waals surface area contributed by atoms with E-state index in [0.29, 0.717) is 12.1 Å². The van der Waals surface area contributed by atoms with Gasteiger partial charge >= 0.3 is 0 Å². The largest absolute Gasteiger partial charge is 0.353 e. The van der Waals surface area contributed by atoms with E-state index in [-0.39, 0.29) is 0 Å². The lowest BCUT2D eigenvalue weighted by molar-refractivity contribution is 0.568. The molecule has 0 aliphatic carbocycles. The second kappa shape index (κ2) is 5.71. The molecule has 0 saturated heterocycles. The average molecular weight is 243 g/mol. The van der Waals surface area contributed by atoms with E-state index in [1.165, 1.54) is 5.56 Å². The Balaban J connectivity index is 2.31. The monoisotopic (exact) mass is 243 g/mol. The highest BCUT2D eigenvalue weighted by Gasteiger charge is 2.14. The minimum absolute atomic E-state index is 0.343. The van der Waals surface area contributed by atoms with E-state index in [0.717, 1.165) is 12.4 Å². The number of anilines is 1. The summed E-state index contributed by atoms with van der Waals surface area (Å²) in [6.45, 7) is 6.46. The van der Waals surface area contributed by atoms with Crippen LogP contribution in [-0.2, 0) is 0 Å². The molecule has 0 aliphatic heterocycles. The van der Waals surface area contributed by atoms with E-state index in [2.05, 4.69) is 66.0 Å². The van der Waals surface area contributed by atoms with Crippen LogP contribution in [0, 0.1) is 0 Å². The molecule has 0 amide bonds. The van der Waals surface area contributed by atoms with Gasteiger partial charge in [-0.2, -0.15) is 0 Å². The van der Waals surface area contributed by atoms with Crippen molar-refractivity contribution in [3.8, 4) is 0 Å². The van der Waals surface area contributed by atoms with Crippen LogP contribution in [0.4, 0.5) is 5.95 Å². The van der Waals surface area contributed by atoms with Crippen LogP contribution in [0.25, 0.3) is 0 Å². The number of nitrogens with one attached hydrogen (secondary N) is 1. The Labute approximate surface area is 109 Å². The van der Waals surface area contributed by atoms with E-state index >= 15 is 0 Å². The van der Waals surface area contributed by atoms with Crippen molar-refractivity contribution in [2.75, 3.05) is 5.32 Å². The first kappa shape index (κ1) is 12.7. The molecule has 0 radical (unpaired) electrons. The Bertz CT molecular complexity index is 473. The van der Waals surface area contributed by atoms with Gasteiger partial charge in [0.2, 0.25) is 5.95 Å². The fraction of sp³-hybridized carbons (Fsp3) is 0.400. The molecular weight excluding hydrogens is 222 g/mol. The molecule has 0 fully saturated rings. The van der Waals surface area contributed by atoms with Crippen LogP contribution in [0.5, 0.6) is 0 Å². The molecule has 0 saturated carbocycles. The Morgan fingerprint density at radius 2 is 1.94 bits per heavy atom. The normalized spacial score (nSPS) is 12.7. The molecule has 3 heteroatoms. The van der Waals surface area contributed by atoms with Crippen molar-refractivity contribution >= 4 is 5.95 Å². The predicted octanol–water partition coefficient (Wildman–Crippen LogP) is 3.70. The maximum Gasteiger partial charge on any atom is 0.203 e. The Kier molecular flexibility index (Phi) is 4.03. The predicted molar refractivity (Wildman–Crippen MR) is 75.9 cm³/mol. The van der Waals surface area contributed by atoms with Crippen molar-refractivity contribution in [3.05, 3.63) is 48.3 Å². The molecule has 3 nitrogen and oxygen atoms in total. The third kappa shape index (κ3) is 2.73. The highest BCUT2D eigenvalue weighted by molar-refractivity contribution is 5.31. The zero-order chi connectivity index (χ0) is 13.0. The highest BCUT2D eigenvalue weighted by Crippen LogP contribution is 2.25. The molecule has 1 atom stereocenters. The first-order valence-electron chi connectivity index (χ1n) is 6.56. The van der Waals surface area contributed by atoms with Gasteiger partial charge in [-0.05, 0) is 25.8 Å². The Morgan fingerprint density at radius 3 is 2.56 bits per heavy atom. The lowest BCUT2D eigenvalue weighted by Crippen LogP contribution is -2.17. The molecule has 2 aromatic rings. The molecule has 1 unspecified atom stereocenters. The van der Waals surface area contributed by atoms with Gasteiger partial charge in [0.1, 0.15) is 0 Å². The zero-order valence-corrected chi connectivity index (χ0v) is 11.3. The number of nitrogens with zero attached hydrogens (tertiary/aromatic N) is 2. The molecule has 96 valence electrons. The SMILES string of the molecule is CCC(c1ccccc1)n1ccnc1NC(C)C. The molecule has 0 bridgehead atoms. The third-order valence-electron chi connectivity index (χ3n) is 2.99. The smallest absolute Gasteiger partial charge is 0.203 e. The summed E-state index contributed by atoms with van der Waals surface area (Å²) in [6, 6.07) is 11.3. The van der Waals surface area contributed by atoms with Crippen molar-refractivity contribution < 1.29 is 0 Å². The first-order chi connectivity index (χ1) is 8.72. The van der Waals surface area contributed by atoms with E-state index < -0.39 is 0 Å². The van der Waals surface area contributed by atoms with Crippen LogP contribution in [0.3, 0.4) is 0 Å². The molecule has 2 rings (SSSR count). The molecule has 0 spiro atoms. The second-order valence-corrected chi connectivity index (χ2v) is 4.79. The first-order valence-corrected chi connectivity index (χ1v) is 6.56. The molecular formula is C15H21N3. The van der Waals surface area contributed by atoms with E-state index in [1.54, 1.807) is 0 Å². The fourth-order valence-corrected chi connectivity index (χ4v) is 2.20. The fourth-order valence-electron chi connectivity index (χ4n) is 2.20. The average Bonchev–Trinajstić information content (AvgIpc) is 2.79. The summed E-state index contributed by atoms with van der Waals surface area (Å²) in [7, 11) is 0. The van der Waals surface area contributed by atoms with Crippen LogP contribution in [0.2, 0.25) is 0 Å². The molecule has 0 aliphatic rings. The summed E-state index contributed by atoms with van der Waals surface area (Å²) >= 11 is 0. The number of rotatable bonds is 5. The van der Waals surface area contributed by atoms with Gasteiger partial charge in [0.15, 0.2) is 0 Å². The standard InChI is InChI=1S/C15H21N3/c1-4-14(13-8-6-5-7-9-13)18-11-10-16-15(18)17-12(2)3/h5-12,14H,4H2,1-3H3,(H,16,17). The van der Waals surface area contributed by atoms with Crippen LogP contribution in [-0.4, -0.2) is 15.6 Å². The van der Waals surface area contributed by atoms with Gasteiger partial charge in [-0.1, -0.05) is 37.3 Å². The summed E-state index contributed by atoms with van der Waals surface area (Å²) in [6.07, 6.45) is 4.95. The van der Waals surface area contributed by atoms with E-state index in [1.807, 2.05) is 12.4 Å². The molecule has 1 aromatic carbocycles. The van der Waals surface area contributed by atoms with Gasteiger partial charge in [0.05, 0.1) is 6.04 Å². The molecule has 1 heterocycles. The molecule has 18 heavy (non-hydrogen) atoms. The topological polar surface area (TPSA) is 29.9 Å². The van der Waals surface area contributed by atoms with Crippen LogP contribution in [0.15, 0.2) is 42.7 Å². The maximum absolute atomic E-state index is 4.40.